The van der Waals surface area contributed by atoms with Gasteiger partial charge in [0.05, 0.1) is 20.1 Å². The van der Waals surface area contributed by atoms with E-state index in [1.807, 2.05) is 72.8 Å². The second-order valence-electron chi connectivity index (χ2n) is 7.88. The average Bonchev–Trinajstić information content (AvgIpc) is 3.33. The molecule has 0 fully saturated rings. The van der Waals surface area contributed by atoms with Gasteiger partial charge < -0.3 is 20.1 Å². The van der Waals surface area contributed by atoms with Crippen LogP contribution in [0.2, 0.25) is 0 Å². The molecule has 5 rings (SSSR count). The summed E-state index contributed by atoms with van der Waals surface area (Å²) in [5.74, 6) is 1.97. The molecule has 9 nitrogen and oxygen atoms in total. The molecule has 0 spiro atoms. The Morgan fingerprint density at radius 1 is 0.886 bits per heavy atom. The molecule has 0 atom stereocenters. The molecule has 2 N–H and O–H groups in total. The van der Waals surface area contributed by atoms with E-state index >= 15 is 0 Å². The molecule has 2 aromatic heterocycles. The number of benzene rings is 3. The topological polar surface area (TPSA) is 103 Å². The minimum Gasteiger partial charge on any atom is -0.497 e. The van der Waals surface area contributed by atoms with Gasteiger partial charge in [0.15, 0.2) is 17.3 Å². The van der Waals surface area contributed by atoms with E-state index < -0.39 is 0 Å². The number of carbonyl (C=O) groups excluding carboxylic acids is 1. The summed E-state index contributed by atoms with van der Waals surface area (Å²) in [4.78, 5) is 11.9. The van der Waals surface area contributed by atoms with Crippen molar-refractivity contribution in [1.82, 2.24) is 19.8 Å². The van der Waals surface area contributed by atoms with Gasteiger partial charge in [0.1, 0.15) is 5.75 Å². The molecule has 9 heteroatoms. The highest BCUT2D eigenvalue weighted by Crippen LogP contribution is 2.30. The summed E-state index contributed by atoms with van der Waals surface area (Å²) in [5.41, 5.74) is 3.09. The van der Waals surface area contributed by atoms with Crippen molar-refractivity contribution in [3.8, 4) is 17.1 Å². The van der Waals surface area contributed by atoms with Gasteiger partial charge >= 0.3 is 0 Å². The molecular weight excluding hydrogens is 444 g/mol. The van der Waals surface area contributed by atoms with Gasteiger partial charge in [-0.05, 0) is 48.5 Å². The molecule has 0 saturated carbocycles. The summed E-state index contributed by atoms with van der Waals surface area (Å²) in [6, 6.07) is 23.0. The highest BCUT2D eigenvalue weighted by Gasteiger charge is 2.16. The molecule has 0 saturated heterocycles. The lowest BCUT2D eigenvalue weighted by atomic mass is 10.1. The molecule has 0 aliphatic carbocycles. The SMILES string of the molecule is COCCC(=O)Nc1ccc(Nc2nn3c(-c4ccc(OC)cc4)nnc3c3ccccc23)cc1. The zero-order chi connectivity index (χ0) is 24.2. The number of ether oxygens (including phenoxy) is 2. The number of hydrogen-bond acceptors (Lipinski definition) is 7. The van der Waals surface area contributed by atoms with Crippen molar-refractivity contribution >= 4 is 39.5 Å². The zero-order valence-corrected chi connectivity index (χ0v) is 19.4. The number of aromatic nitrogens is 4. The van der Waals surface area contributed by atoms with E-state index in [-0.39, 0.29) is 5.91 Å². The van der Waals surface area contributed by atoms with Crippen LogP contribution in [0.5, 0.6) is 5.75 Å². The molecule has 1 amide bonds. The number of carbonyl (C=O) groups is 1. The third-order valence-electron chi connectivity index (χ3n) is 5.58. The van der Waals surface area contributed by atoms with Crippen LogP contribution < -0.4 is 15.4 Å². The average molecular weight is 469 g/mol. The maximum absolute atomic E-state index is 11.9. The number of methoxy groups -OCH3 is 2. The summed E-state index contributed by atoms with van der Waals surface area (Å²) in [5, 5.41) is 21.8. The Kier molecular flexibility index (Phi) is 6.23. The number of nitrogens with one attached hydrogen (secondary N) is 2. The summed E-state index contributed by atoms with van der Waals surface area (Å²) >= 11 is 0. The van der Waals surface area contributed by atoms with E-state index in [1.165, 1.54) is 0 Å². The van der Waals surface area contributed by atoms with Crippen LogP contribution >= 0.6 is 0 Å². The first-order chi connectivity index (χ1) is 17.2. The highest BCUT2D eigenvalue weighted by atomic mass is 16.5. The lowest BCUT2D eigenvalue weighted by molar-refractivity contribution is -0.117. The standard InChI is InChI=1S/C26H24N6O3/c1-34-16-15-23(33)27-18-9-11-19(12-10-18)28-24-21-5-3-4-6-22(21)26-30-29-25(32(26)31-24)17-7-13-20(35-2)14-8-17/h3-14H,15-16H2,1-2H3,(H,27,33)(H,28,31). The second-order valence-corrected chi connectivity index (χ2v) is 7.88. The number of anilines is 3. The van der Waals surface area contributed by atoms with Crippen molar-refractivity contribution in [3.05, 3.63) is 72.8 Å². The third kappa shape index (κ3) is 4.62. The zero-order valence-electron chi connectivity index (χ0n) is 19.4. The number of nitrogens with zero attached hydrogens (tertiary/aromatic N) is 4. The van der Waals surface area contributed by atoms with Crippen LogP contribution in [0, 0.1) is 0 Å². The van der Waals surface area contributed by atoms with E-state index in [2.05, 4.69) is 20.8 Å². The molecule has 0 aliphatic heterocycles. The minimum absolute atomic E-state index is 0.0932. The molecule has 3 aromatic carbocycles. The van der Waals surface area contributed by atoms with Crippen LogP contribution in [0.1, 0.15) is 6.42 Å². The van der Waals surface area contributed by atoms with Crippen molar-refractivity contribution in [1.29, 1.82) is 0 Å². The largest absolute Gasteiger partial charge is 0.497 e. The first kappa shape index (κ1) is 22.3. The molecule has 0 unspecified atom stereocenters. The number of fused-ring (bicyclic) bond motifs is 3. The van der Waals surface area contributed by atoms with Gasteiger partial charge in [-0.3, -0.25) is 4.79 Å². The van der Waals surface area contributed by atoms with Gasteiger partial charge in [-0.2, -0.15) is 4.52 Å². The molecule has 0 aliphatic rings. The van der Waals surface area contributed by atoms with Crippen LogP contribution in [0.25, 0.3) is 27.8 Å². The van der Waals surface area contributed by atoms with E-state index in [0.29, 0.717) is 36.0 Å². The smallest absolute Gasteiger partial charge is 0.226 e. The molecular formula is C26H24N6O3. The van der Waals surface area contributed by atoms with Crippen molar-refractivity contribution in [2.45, 2.75) is 6.42 Å². The fourth-order valence-electron chi connectivity index (χ4n) is 3.79. The highest BCUT2D eigenvalue weighted by molar-refractivity contribution is 6.01. The van der Waals surface area contributed by atoms with Crippen molar-refractivity contribution in [2.24, 2.45) is 0 Å². The summed E-state index contributed by atoms with van der Waals surface area (Å²) in [6.07, 6.45) is 0.307. The van der Waals surface area contributed by atoms with E-state index in [0.717, 1.165) is 27.8 Å². The fraction of sp³-hybridized carbons (Fsp3) is 0.154. The number of amides is 1. The van der Waals surface area contributed by atoms with Crippen LogP contribution in [-0.4, -0.2) is 46.5 Å². The van der Waals surface area contributed by atoms with Crippen LogP contribution in [0.3, 0.4) is 0 Å². The van der Waals surface area contributed by atoms with Gasteiger partial charge in [-0.1, -0.05) is 24.3 Å². The summed E-state index contributed by atoms with van der Waals surface area (Å²) in [6.45, 7) is 0.383. The van der Waals surface area contributed by atoms with E-state index in [1.54, 1.807) is 18.7 Å². The maximum Gasteiger partial charge on any atom is 0.226 e. The van der Waals surface area contributed by atoms with Crippen molar-refractivity contribution in [3.63, 3.8) is 0 Å². The summed E-state index contributed by atoms with van der Waals surface area (Å²) in [7, 11) is 3.21. The first-order valence-electron chi connectivity index (χ1n) is 11.1. The third-order valence-corrected chi connectivity index (χ3v) is 5.58. The Hall–Kier alpha value is -4.50. The lowest BCUT2D eigenvalue weighted by Gasteiger charge is -2.12. The lowest BCUT2D eigenvalue weighted by Crippen LogP contribution is -2.13. The predicted octanol–water partition coefficient (Wildman–Crippen LogP) is 4.67. The Labute approximate surface area is 201 Å². The van der Waals surface area contributed by atoms with Gasteiger partial charge in [0.25, 0.3) is 0 Å². The molecule has 5 aromatic rings. The Morgan fingerprint density at radius 2 is 1.60 bits per heavy atom. The van der Waals surface area contributed by atoms with Crippen LogP contribution in [0.15, 0.2) is 72.8 Å². The van der Waals surface area contributed by atoms with Crippen molar-refractivity contribution in [2.75, 3.05) is 31.5 Å². The van der Waals surface area contributed by atoms with Crippen LogP contribution in [0.4, 0.5) is 17.2 Å². The van der Waals surface area contributed by atoms with Crippen LogP contribution in [-0.2, 0) is 9.53 Å². The monoisotopic (exact) mass is 468 g/mol. The Balaban J connectivity index is 1.49. The van der Waals surface area contributed by atoms with Gasteiger partial charge in [0.2, 0.25) is 5.91 Å². The van der Waals surface area contributed by atoms with E-state index in [9.17, 15) is 4.79 Å². The van der Waals surface area contributed by atoms with Crippen molar-refractivity contribution < 1.29 is 14.3 Å². The molecule has 0 radical (unpaired) electrons. The molecule has 0 bridgehead atoms. The fourth-order valence-corrected chi connectivity index (χ4v) is 3.79. The second kappa shape index (κ2) is 9.78. The maximum atomic E-state index is 11.9. The van der Waals surface area contributed by atoms with E-state index in [4.69, 9.17) is 14.6 Å². The molecule has 2 heterocycles. The first-order valence-corrected chi connectivity index (χ1v) is 11.1. The Morgan fingerprint density at radius 3 is 2.31 bits per heavy atom. The predicted molar refractivity (Wildman–Crippen MR) is 135 cm³/mol. The quantitative estimate of drug-likeness (QED) is 0.341. The Bertz CT molecular complexity index is 1480. The van der Waals surface area contributed by atoms with Gasteiger partial charge in [-0.15, -0.1) is 15.3 Å². The van der Waals surface area contributed by atoms with Gasteiger partial charge in [-0.25, -0.2) is 0 Å². The molecule has 176 valence electrons. The van der Waals surface area contributed by atoms with Gasteiger partial charge in [0, 0.05) is 34.8 Å². The number of rotatable bonds is 8. The normalized spacial score (nSPS) is 11.0. The molecule has 35 heavy (non-hydrogen) atoms. The summed E-state index contributed by atoms with van der Waals surface area (Å²) < 4.78 is 12.0. The minimum atomic E-state index is -0.0932. The number of hydrogen-bond donors (Lipinski definition) is 2.